The second-order valence-corrected chi connectivity index (χ2v) is 7.85. The number of rotatable bonds is 5. The van der Waals surface area contributed by atoms with Gasteiger partial charge in [0.25, 0.3) is 0 Å². The van der Waals surface area contributed by atoms with E-state index in [1.165, 1.54) is 24.3 Å². The van der Waals surface area contributed by atoms with Gasteiger partial charge in [-0.1, -0.05) is 23.7 Å². The van der Waals surface area contributed by atoms with E-state index in [1.807, 2.05) is 0 Å². The number of alkyl halides is 2. The van der Waals surface area contributed by atoms with E-state index < -0.39 is 33.7 Å². The van der Waals surface area contributed by atoms with Gasteiger partial charge in [-0.3, -0.25) is 0 Å². The molecule has 118 valence electrons. The zero-order valence-corrected chi connectivity index (χ0v) is 13.3. The Labute approximate surface area is 129 Å². The fourth-order valence-corrected chi connectivity index (χ4v) is 2.39. The lowest BCUT2D eigenvalue weighted by Gasteiger charge is -2.28. The lowest BCUT2D eigenvalue weighted by molar-refractivity contribution is -0.168. The van der Waals surface area contributed by atoms with Crippen molar-refractivity contribution in [3.05, 3.63) is 34.9 Å². The fraction of sp³-hybridized carbons (Fsp3) is 0.462. The maximum atomic E-state index is 13.9. The van der Waals surface area contributed by atoms with Crippen LogP contribution >= 0.6 is 11.6 Å². The van der Waals surface area contributed by atoms with Crippen LogP contribution in [0.15, 0.2) is 24.3 Å². The minimum atomic E-state index is -4.12. The van der Waals surface area contributed by atoms with Gasteiger partial charge in [-0.05, 0) is 38.5 Å². The number of carboxylic acids is 1. The number of hydrogen-bond donors (Lipinski definition) is 2. The maximum Gasteiger partial charge on any atom is 0.376 e. The molecule has 21 heavy (non-hydrogen) atoms. The molecule has 0 saturated carbocycles. The summed E-state index contributed by atoms with van der Waals surface area (Å²) in [5, 5.41) is 9.06. The number of aliphatic carboxylic acids is 1. The quantitative estimate of drug-likeness (QED) is 0.866. The van der Waals surface area contributed by atoms with Crippen LogP contribution in [-0.4, -0.2) is 26.0 Å². The Bertz CT molecular complexity index is 543. The average molecular weight is 340 g/mol. The Morgan fingerprint density at radius 3 is 2.14 bits per heavy atom. The van der Waals surface area contributed by atoms with Crippen LogP contribution in [0.25, 0.3) is 0 Å². The Morgan fingerprint density at radius 1 is 1.29 bits per heavy atom. The highest BCUT2D eigenvalue weighted by Gasteiger charge is 2.49. The van der Waals surface area contributed by atoms with Crippen LogP contribution in [0, 0.1) is 0 Å². The highest BCUT2D eigenvalue weighted by molar-refractivity contribution is 7.84. The molecule has 0 radical (unpaired) electrons. The molecule has 1 aromatic rings. The van der Waals surface area contributed by atoms with Gasteiger partial charge in [0.1, 0.15) is 6.04 Å². The molecule has 0 amide bonds. The first-order valence-corrected chi connectivity index (χ1v) is 7.53. The van der Waals surface area contributed by atoms with Gasteiger partial charge in [0.05, 0.1) is 15.7 Å². The largest absolute Gasteiger partial charge is 0.477 e. The van der Waals surface area contributed by atoms with Crippen LogP contribution in [-0.2, 0) is 15.8 Å². The van der Waals surface area contributed by atoms with Gasteiger partial charge >= 0.3 is 11.9 Å². The third-order valence-corrected chi connectivity index (χ3v) is 4.45. The van der Waals surface area contributed by atoms with Crippen molar-refractivity contribution in [1.29, 1.82) is 0 Å². The summed E-state index contributed by atoms with van der Waals surface area (Å²) >= 11 is 5.69. The second-order valence-electron chi connectivity index (χ2n) is 5.41. The maximum absolute atomic E-state index is 13.9. The minimum absolute atomic E-state index is 0.00981. The van der Waals surface area contributed by atoms with Crippen molar-refractivity contribution in [2.75, 3.05) is 0 Å². The van der Waals surface area contributed by atoms with E-state index in [1.54, 1.807) is 20.8 Å². The number of carbonyl (C=O) groups is 1. The first-order chi connectivity index (χ1) is 9.46. The molecule has 0 heterocycles. The molecule has 2 N–H and O–H groups in total. The molecular formula is C13H16ClF2NO3S. The van der Waals surface area contributed by atoms with Gasteiger partial charge < -0.3 is 5.11 Å². The Kier molecular flexibility index (Phi) is 5.46. The van der Waals surface area contributed by atoms with Crippen LogP contribution in [0.4, 0.5) is 8.78 Å². The van der Waals surface area contributed by atoms with Crippen molar-refractivity contribution in [1.82, 2.24) is 4.72 Å². The third-order valence-electron chi connectivity index (χ3n) is 2.63. The van der Waals surface area contributed by atoms with Gasteiger partial charge in [-0.2, -0.15) is 8.78 Å². The van der Waals surface area contributed by atoms with Gasteiger partial charge in [0, 0.05) is 5.02 Å². The Hall–Kier alpha value is -1.05. The van der Waals surface area contributed by atoms with E-state index >= 15 is 0 Å². The number of hydrogen-bond acceptors (Lipinski definition) is 2. The van der Waals surface area contributed by atoms with Crippen LogP contribution in [0.2, 0.25) is 5.02 Å². The zero-order valence-electron chi connectivity index (χ0n) is 11.7. The summed E-state index contributed by atoms with van der Waals surface area (Å²) in [4.78, 5) is 10.8. The molecule has 0 aliphatic heterocycles. The van der Waals surface area contributed by atoms with Crippen LogP contribution in [0.3, 0.4) is 0 Å². The van der Waals surface area contributed by atoms with Crippen molar-refractivity contribution >= 4 is 28.6 Å². The zero-order chi connectivity index (χ0) is 16.4. The molecule has 0 fully saturated rings. The van der Waals surface area contributed by atoms with E-state index in [0.29, 0.717) is 5.02 Å². The van der Waals surface area contributed by atoms with Gasteiger partial charge in [0.2, 0.25) is 0 Å². The first-order valence-electron chi connectivity index (χ1n) is 6.01. The topological polar surface area (TPSA) is 66.4 Å². The molecule has 0 unspecified atom stereocenters. The summed E-state index contributed by atoms with van der Waals surface area (Å²) in [6, 6.07) is 3.35. The molecule has 0 spiro atoms. The van der Waals surface area contributed by atoms with Crippen molar-refractivity contribution in [2.45, 2.75) is 37.5 Å². The van der Waals surface area contributed by atoms with Gasteiger partial charge in [-0.25, -0.2) is 13.7 Å². The van der Waals surface area contributed by atoms with Crippen molar-refractivity contribution in [2.24, 2.45) is 0 Å². The van der Waals surface area contributed by atoms with Crippen molar-refractivity contribution in [3.63, 3.8) is 0 Å². The van der Waals surface area contributed by atoms with Crippen molar-refractivity contribution < 1.29 is 22.9 Å². The molecule has 0 saturated heterocycles. The van der Waals surface area contributed by atoms with E-state index in [9.17, 15) is 17.8 Å². The molecule has 0 bridgehead atoms. The second kappa shape index (κ2) is 6.37. The van der Waals surface area contributed by atoms with Crippen molar-refractivity contribution in [3.8, 4) is 0 Å². The van der Waals surface area contributed by atoms with E-state index in [2.05, 4.69) is 4.72 Å². The molecule has 0 aliphatic carbocycles. The standard InChI is InChI=1S/C13H16ClF2NO3S/c1-12(2,3)21(20)17-10(13(15,16)11(18)19)8-4-6-9(14)7-5-8/h4-7,10,17H,1-3H3,(H,18,19)/t10-,21+/m0/s1. The molecule has 2 atom stereocenters. The van der Waals surface area contributed by atoms with Gasteiger partial charge in [0.15, 0.2) is 0 Å². The molecule has 0 aromatic heterocycles. The summed E-state index contributed by atoms with van der Waals surface area (Å²) in [7, 11) is -1.86. The normalized spacial score (nSPS) is 15.5. The molecule has 1 aromatic carbocycles. The van der Waals surface area contributed by atoms with E-state index in [-0.39, 0.29) is 5.56 Å². The SMILES string of the molecule is CC(C)(C)[S@@](=O)N[C@@H](c1ccc(Cl)cc1)C(F)(F)C(=O)O. The highest BCUT2D eigenvalue weighted by Crippen LogP contribution is 2.33. The number of halogens is 3. The molecule has 1 rings (SSSR count). The summed E-state index contributed by atoms with van der Waals surface area (Å²) in [6.07, 6.45) is 0. The summed E-state index contributed by atoms with van der Waals surface area (Å²) in [5.74, 6) is -6.41. The summed E-state index contributed by atoms with van der Waals surface area (Å²) in [5.41, 5.74) is -0.00981. The van der Waals surface area contributed by atoms with Crippen LogP contribution in [0.5, 0.6) is 0 Å². The summed E-state index contributed by atoms with van der Waals surface area (Å²) in [6.45, 7) is 4.77. The number of carboxylic acid groups (broad SMARTS) is 1. The van der Waals surface area contributed by atoms with E-state index in [0.717, 1.165) is 0 Å². The lowest BCUT2D eigenvalue weighted by Crippen LogP contribution is -2.47. The average Bonchev–Trinajstić information content (AvgIpc) is 2.35. The van der Waals surface area contributed by atoms with Crippen LogP contribution < -0.4 is 4.72 Å². The predicted molar refractivity (Wildman–Crippen MR) is 77.8 cm³/mol. The smallest absolute Gasteiger partial charge is 0.376 e. The number of benzene rings is 1. The Morgan fingerprint density at radius 2 is 1.76 bits per heavy atom. The first kappa shape index (κ1) is 18.0. The Balaban J connectivity index is 3.21. The molecule has 8 heteroatoms. The predicted octanol–water partition coefficient (Wildman–Crippen LogP) is 3.15. The molecule has 0 aliphatic rings. The third kappa shape index (κ3) is 4.46. The molecular weight excluding hydrogens is 324 g/mol. The van der Waals surface area contributed by atoms with Crippen LogP contribution in [0.1, 0.15) is 32.4 Å². The monoisotopic (exact) mass is 339 g/mol. The minimum Gasteiger partial charge on any atom is -0.477 e. The van der Waals surface area contributed by atoms with E-state index in [4.69, 9.17) is 16.7 Å². The number of nitrogens with one attached hydrogen (secondary N) is 1. The highest BCUT2D eigenvalue weighted by atomic mass is 35.5. The lowest BCUT2D eigenvalue weighted by atomic mass is 10.0. The van der Waals surface area contributed by atoms with Gasteiger partial charge in [-0.15, -0.1) is 0 Å². The summed E-state index contributed by atoms with van der Waals surface area (Å²) < 4.78 is 41.3. The fourth-order valence-electron chi connectivity index (χ4n) is 1.41. The molecule has 4 nitrogen and oxygen atoms in total.